The molecule has 2 heteroatoms. The van der Waals surface area contributed by atoms with Crippen LogP contribution in [0.5, 0.6) is 0 Å². The van der Waals surface area contributed by atoms with Crippen molar-refractivity contribution in [2.45, 2.75) is 46.0 Å². The second kappa shape index (κ2) is 9.99. The van der Waals surface area contributed by atoms with E-state index in [1.165, 1.54) is 50.2 Å². The monoisotopic (exact) mass is 470 g/mol. The fraction of sp³-hybridized carbons (Fsp3) is 0.206. The normalized spacial score (nSPS) is 11.6. The van der Waals surface area contributed by atoms with E-state index >= 15 is 0 Å². The molecular formula is C34H34N2. The molecule has 0 aliphatic rings. The number of nitrogens with zero attached hydrogens (tertiary/aromatic N) is 1. The van der Waals surface area contributed by atoms with E-state index in [0.717, 1.165) is 18.5 Å². The number of aromatic nitrogens is 2. The van der Waals surface area contributed by atoms with Crippen molar-refractivity contribution in [2.24, 2.45) is 0 Å². The molecule has 5 rings (SSSR count). The van der Waals surface area contributed by atoms with Crippen molar-refractivity contribution in [3.05, 3.63) is 126 Å². The van der Waals surface area contributed by atoms with Gasteiger partial charge in [-0.1, -0.05) is 93.6 Å². The first kappa shape index (κ1) is 23.8. The second-order valence-corrected chi connectivity index (χ2v) is 10.7. The number of hydrogen-bond donors (Lipinski definition) is 1. The van der Waals surface area contributed by atoms with Gasteiger partial charge in [-0.15, -0.1) is 0 Å². The van der Waals surface area contributed by atoms with Crippen LogP contribution in [0, 0.1) is 6.92 Å². The van der Waals surface area contributed by atoms with Crippen LogP contribution < -0.4 is 0 Å². The van der Waals surface area contributed by atoms with E-state index in [-0.39, 0.29) is 5.41 Å². The summed E-state index contributed by atoms with van der Waals surface area (Å²) in [6.07, 6.45) is 6.02. The Labute approximate surface area is 215 Å². The molecule has 0 unspecified atom stereocenters. The Kier molecular flexibility index (Phi) is 6.61. The standard InChI is InChI=1S/C34H34N2/c1-24-14-19-32(35-22-24)30-13-9-8-12-26(30)15-16-27-17-18-28(25-10-6-5-7-11-25)20-31(27)33-21-29(23-36-33)34(2,3)4/h5-14,17-23,36H,15-16H2,1-4H3. The summed E-state index contributed by atoms with van der Waals surface area (Å²) in [5, 5.41) is 0. The summed E-state index contributed by atoms with van der Waals surface area (Å²) >= 11 is 0. The van der Waals surface area contributed by atoms with Gasteiger partial charge in [-0.05, 0) is 76.8 Å². The van der Waals surface area contributed by atoms with Crippen molar-refractivity contribution in [3.63, 3.8) is 0 Å². The van der Waals surface area contributed by atoms with Gasteiger partial charge in [0.15, 0.2) is 0 Å². The summed E-state index contributed by atoms with van der Waals surface area (Å²) in [6.45, 7) is 8.86. The minimum atomic E-state index is 0.103. The highest BCUT2D eigenvalue weighted by Gasteiger charge is 2.18. The minimum absolute atomic E-state index is 0.103. The molecule has 0 spiro atoms. The predicted molar refractivity (Wildman–Crippen MR) is 152 cm³/mol. The number of H-pyrrole nitrogens is 1. The SMILES string of the molecule is Cc1ccc(-c2ccccc2CCc2ccc(-c3ccccc3)cc2-c2cc(C(C)(C)C)c[nH]2)nc1. The average molecular weight is 471 g/mol. The highest BCUT2D eigenvalue weighted by atomic mass is 14.7. The predicted octanol–water partition coefficient (Wildman–Crippen LogP) is 8.80. The van der Waals surface area contributed by atoms with E-state index in [4.69, 9.17) is 4.98 Å². The maximum atomic E-state index is 4.70. The van der Waals surface area contributed by atoms with Crippen LogP contribution in [0.3, 0.4) is 0 Å². The number of hydrogen-bond acceptors (Lipinski definition) is 1. The quantitative estimate of drug-likeness (QED) is 0.264. The highest BCUT2D eigenvalue weighted by Crippen LogP contribution is 2.33. The van der Waals surface area contributed by atoms with Gasteiger partial charge in [0.05, 0.1) is 5.69 Å². The summed E-state index contributed by atoms with van der Waals surface area (Å²) < 4.78 is 0. The van der Waals surface area contributed by atoms with Crippen LogP contribution in [-0.2, 0) is 18.3 Å². The van der Waals surface area contributed by atoms with Crippen LogP contribution in [-0.4, -0.2) is 9.97 Å². The molecule has 0 radical (unpaired) electrons. The van der Waals surface area contributed by atoms with Gasteiger partial charge < -0.3 is 4.98 Å². The van der Waals surface area contributed by atoms with Gasteiger partial charge in [0.2, 0.25) is 0 Å². The molecule has 2 heterocycles. The lowest BCUT2D eigenvalue weighted by Gasteiger charge is -2.16. The number of nitrogens with one attached hydrogen (secondary N) is 1. The van der Waals surface area contributed by atoms with E-state index in [1.807, 2.05) is 6.20 Å². The smallest absolute Gasteiger partial charge is 0.0704 e. The van der Waals surface area contributed by atoms with Crippen molar-refractivity contribution >= 4 is 0 Å². The number of rotatable bonds is 6. The van der Waals surface area contributed by atoms with E-state index in [9.17, 15) is 0 Å². The van der Waals surface area contributed by atoms with Gasteiger partial charge in [-0.25, -0.2) is 0 Å². The zero-order valence-corrected chi connectivity index (χ0v) is 21.7. The summed E-state index contributed by atoms with van der Waals surface area (Å²) in [5.41, 5.74) is 12.5. The first-order chi connectivity index (χ1) is 17.4. The fourth-order valence-corrected chi connectivity index (χ4v) is 4.72. The van der Waals surface area contributed by atoms with Crippen molar-refractivity contribution in [2.75, 3.05) is 0 Å². The molecule has 36 heavy (non-hydrogen) atoms. The van der Waals surface area contributed by atoms with E-state index < -0.39 is 0 Å². The first-order valence-electron chi connectivity index (χ1n) is 12.8. The maximum Gasteiger partial charge on any atom is 0.0704 e. The molecule has 0 bridgehead atoms. The second-order valence-electron chi connectivity index (χ2n) is 10.7. The largest absolute Gasteiger partial charge is 0.361 e. The van der Waals surface area contributed by atoms with E-state index in [1.54, 1.807) is 0 Å². The molecule has 0 amide bonds. The van der Waals surface area contributed by atoms with Gasteiger partial charge in [0.25, 0.3) is 0 Å². The molecule has 0 fully saturated rings. The minimum Gasteiger partial charge on any atom is -0.361 e. The molecule has 2 aromatic heterocycles. The first-order valence-corrected chi connectivity index (χ1v) is 12.8. The van der Waals surface area contributed by atoms with Gasteiger partial charge in [-0.2, -0.15) is 0 Å². The molecule has 0 atom stereocenters. The Morgan fingerprint density at radius 1 is 0.694 bits per heavy atom. The van der Waals surface area contributed by atoms with Gasteiger partial charge >= 0.3 is 0 Å². The van der Waals surface area contributed by atoms with Gasteiger partial charge in [-0.3, -0.25) is 4.98 Å². The van der Waals surface area contributed by atoms with Crippen LogP contribution in [0.2, 0.25) is 0 Å². The molecular weight excluding hydrogens is 436 g/mol. The average Bonchev–Trinajstić information content (AvgIpc) is 3.40. The van der Waals surface area contributed by atoms with Crippen molar-refractivity contribution < 1.29 is 0 Å². The van der Waals surface area contributed by atoms with Crippen LogP contribution in [0.25, 0.3) is 33.6 Å². The third kappa shape index (κ3) is 5.18. The third-order valence-corrected chi connectivity index (χ3v) is 6.92. The Hall–Kier alpha value is -3.91. The molecule has 3 aromatic carbocycles. The maximum absolute atomic E-state index is 4.70. The Balaban J connectivity index is 1.51. The zero-order chi connectivity index (χ0) is 25.1. The van der Waals surface area contributed by atoms with Crippen LogP contribution >= 0.6 is 0 Å². The molecule has 5 aromatic rings. The molecule has 0 aliphatic carbocycles. The summed E-state index contributed by atoms with van der Waals surface area (Å²) in [7, 11) is 0. The summed E-state index contributed by atoms with van der Waals surface area (Å²) in [6, 6.07) is 32.8. The summed E-state index contributed by atoms with van der Waals surface area (Å²) in [5.74, 6) is 0. The third-order valence-electron chi connectivity index (χ3n) is 6.92. The number of aryl methyl sites for hydroxylation is 3. The van der Waals surface area contributed by atoms with E-state index in [0.29, 0.717) is 0 Å². The van der Waals surface area contributed by atoms with Crippen LogP contribution in [0.15, 0.2) is 103 Å². The highest BCUT2D eigenvalue weighted by molar-refractivity contribution is 5.75. The van der Waals surface area contributed by atoms with Crippen LogP contribution in [0.4, 0.5) is 0 Å². The van der Waals surface area contributed by atoms with Crippen molar-refractivity contribution in [3.8, 4) is 33.6 Å². The Morgan fingerprint density at radius 3 is 2.11 bits per heavy atom. The molecule has 0 saturated carbocycles. The Morgan fingerprint density at radius 2 is 1.42 bits per heavy atom. The summed E-state index contributed by atoms with van der Waals surface area (Å²) in [4.78, 5) is 8.27. The molecule has 1 N–H and O–H groups in total. The van der Waals surface area contributed by atoms with E-state index in [2.05, 4.69) is 130 Å². The zero-order valence-electron chi connectivity index (χ0n) is 21.7. The van der Waals surface area contributed by atoms with Gasteiger partial charge in [0, 0.05) is 29.2 Å². The Bertz CT molecular complexity index is 1450. The molecule has 0 saturated heterocycles. The number of benzene rings is 3. The fourth-order valence-electron chi connectivity index (χ4n) is 4.72. The lowest BCUT2D eigenvalue weighted by Crippen LogP contribution is -2.09. The molecule has 0 aliphatic heterocycles. The number of pyridine rings is 1. The molecule has 2 nitrogen and oxygen atoms in total. The van der Waals surface area contributed by atoms with Crippen molar-refractivity contribution in [1.29, 1.82) is 0 Å². The number of aromatic amines is 1. The lowest BCUT2D eigenvalue weighted by molar-refractivity contribution is 0.591. The topological polar surface area (TPSA) is 28.7 Å². The lowest BCUT2D eigenvalue weighted by atomic mass is 9.88. The molecule has 180 valence electrons. The van der Waals surface area contributed by atoms with Gasteiger partial charge in [0.1, 0.15) is 0 Å². The van der Waals surface area contributed by atoms with Crippen molar-refractivity contribution in [1.82, 2.24) is 9.97 Å². The van der Waals surface area contributed by atoms with Crippen LogP contribution in [0.1, 0.15) is 43.0 Å².